The van der Waals surface area contributed by atoms with E-state index in [1.54, 1.807) is 37.3 Å². The van der Waals surface area contributed by atoms with Crippen molar-refractivity contribution in [2.75, 3.05) is 0 Å². The van der Waals surface area contributed by atoms with E-state index in [1.165, 1.54) is 13.1 Å². The summed E-state index contributed by atoms with van der Waals surface area (Å²) in [4.78, 5) is 0. The monoisotopic (exact) mass is 505 g/mol. The van der Waals surface area contributed by atoms with Crippen molar-refractivity contribution >= 4 is 21.9 Å². The topological polar surface area (TPSA) is 40.8 Å². The quantitative estimate of drug-likeness (QED) is 0.227. The number of hydrogen-bond acceptors (Lipinski definition) is 2. The molecule has 0 spiro atoms. The highest BCUT2D eigenvalue weighted by atomic mass is 19.1. The molecule has 0 radical (unpaired) electrons. The third-order valence-corrected chi connectivity index (χ3v) is 6.83. The van der Waals surface area contributed by atoms with E-state index in [-0.39, 0.29) is 22.4 Å². The second-order valence-electron chi connectivity index (χ2n) is 9.17. The van der Waals surface area contributed by atoms with Crippen LogP contribution in [0.4, 0.5) is 4.39 Å². The van der Waals surface area contributed by atoms with Gasteiger partial charge in [-0.3, -0.25) is 0 Å². The van der Waals surface area contributed by atoms with Gasteiger partial charge in [0.15, 0.2) is 5.82 Å². The first-order valence-electron chi connectivity index (χ1n) is 15.9. The van der Waals surface area contributed by atoms with Gasteiger partial charge >= 0.3 is 0 Å². The van der Waals surface area contributed by atoms with Gasteiger partial charge in [-0.15, -0.1) is 0 Å². The number of furan rings is 1. The molecule has 0 aliphatic heterocycles. The van der Waals surface area contributed by atoms with Crippen LogP contribution in [0.25, 0.3) is 55.4 Å². The van der Waals surface area contributed by atoms with Crippen molar-refractivity contribution in [1.82, 2.24) is 0 Å². The lowest BCUT2D eigenvalue weighted by Crippen LogP contribution is -2.31. The number of nitrogens with zero attached hydrogens (tertiary/aromatic N) is 2. The van der Waals surface area contributed by atoms with Gasteiger partial charge in [-0.25, -0.2) is 4.39 Å². The fourth-order valence-electron chi connectivity index (χ4n) is 4.98. The standard InChI is InChI=1S/C34H26FN2O/c1-20-10-12-24(17-28(20)23-8-6-5-7-9-23)32-25(18-36)13-15-27-26-14-11-21(2)31(33(26)38-34(27)32)30-16-22(3)29(35)19-37(30)4/h5-17,19H,1-4H3/q+1/i1D3,3D3,16D,19D. The molecule has 184 valence electrons. The maximum absolute atomic E-state index is 15.1. The number of fused-ring (bicyclic) bond motifs is 3. The summed E-state index contributed by atoms with van der Waals surface area (Å²) in [6.07, 6.45) is -0.695. The minimum absolute atomic E-state index is 0.00451. The normalized spacial score (nSPS) is 15.0. The van der Waals surface area contributed by atoms with E-state index in [2.05, 4.69) is 6.07 Å². The molecule has 4 heteroatoms. The number of benzene rings is 4. The number of pyridine rings is 1. The van der Waals surface area contributed by atoms with Crippen LogP contribution < -0.4 is 4.57 Å². The molecular weight excluding hydrogens is 471 g/mol. The Kier molecular flexibility index (Phi) is 3.82. The molecular formula is C34H26FN2O+. The molecule has 0 fully saturated rings. The lowest BCUT2D eigenvalue weighted by Gasteiger charge is -2.11. The summed E-state index contributed by atoms with van der Waals surface area (Å²) >= 11 is 0. The van der Waals surface area contributed by atoms with Crippen LogP contribution in [-0.2, 0) is 7.05 Å². The summed E-state index contributed by atoms with van der Waals surface area (Å²) in [5.41, 5.74) is 3.18. The average Bonchev–Trinajstić information content (AvgIpc) is 3.38. The molecule has 0 saturated heterocycles. The second kappa shape index (κ2) is 8.97. The van der Waals surface area contributed by atoms with Crippen LogP contribution in [-0.4, -0.2) is 0 Å². The number of hydrogen-bond donors (Lipinski definition) is 0. The fraction of sp³-hybridized carbons (Fsp3) is 0.118. The summed E-state index contributed by atoms with van der Waals surface area (Å²) in [5.74, 6) is -1.29. The van der Waals surface area contributed by atoms with Crippen molar-refractivity contribution in [3.05, 3.63) is 113 Å². The predicted octanol–water partition coefficient (Wildman–Crippen LogP) is 8.35. The van der Waals surface area contributed by atoms with Gasteiger partial charge in [0.1, 0.15) is 19.6 Å². The molecule has 38 heavy (non-hydrogen) atoms. The van der Waals surface area contributed by atoms with Crippen molar-refractivity contribution in [2.24, 2.45) is 7.05 Å². The van der Waals surface area contributed by atoms with E-state index >= 15 is 4.39 Å². The van der Waals surface area contributed by atoms with Gasteiger partial charge in [0, 0.05) is 30.6 Å². The predicted molar refractivity (Wildman–Crippen MR) is 150 cm³/mol. The zero-order valence-corrected chi connectivity index (χ0v) is 20.6. The van der Waals surface area contributed by atoms with Gasteiger partial charge in [-0.05, 0) is 72.2 Å². The van der Waals surface area contributed by atoms with Gasteiger partial charge in [0.2, 0.25) is 11.9 Å². The minimum Gasteiger partial charge on any atom is -0.454 e. The largest absolute Gasteiger partial charge is 0.454 e. The Bertz CT molecular complexity index is 2250. The number of nitriles is 1. The van der Waals surface area contributed by atoms with E-state index in [0.717, 1.165) is 4.57 Å². The molecule has 0 unspecified atom stereocenters. The third-order valence-electron chi connectivity index (χ3n) is 6.83. The Balaban J connectivity index is 1.71. The van der Waals surface area contributed by atoms with E-state index in [0.29, 0.717) is 49.7 Å². The minimum atomic E-state index is -2.98. The molecule has 0 amide bonds. The van der Waals surface area contributed by atoms with Crippen molar-refractivity contribution in [3.63, 3.8) is 0 Å². The molecule has 0 aliphatic carbocycles. The first-order chi connectivity index (χ1) is 21.6. The molecule has 3 nitrogen and oxygen atoms in total. The Morgan fingerprint density at radius 2 is 1.58 bits per heavy atom. The lowest BCUT2D eigenvalue weighted by molar-refractivity contribution is -0.662. The highest BCUT2D eigenvalue weighted by Crippen LogP contribution is 2.42. The maximum Gasteiger partial charge on any atom is 0.216 e. The second-order valence-corrected chi connectivity index (χ2v) is 9.17. The highest BCUT2D eigenvalue weighted by Gasteiger charge is 2.24. The molecule has 6 rings (SSSR count). The highest BCUT2D eigenvalue weighted by molar-refractivity contribution is 6.14. The number of aryl methyl sites for hydroxylation is 2. The van der Waals surface area contributed by atoms with Gasteiger partial charge in [-0.1, -0.05) is 54.6 Å². The van der Waals surface area contributed by atoms with Crippen molar-refractivity contribution in [3.8, 4) is 39.6 Å². The lowest BCUT2D eigenvalue weighted by atomic mass is 9.92. The summed E-state index contributed by atoms with van der Waals surface area (Å²) in [6, 6.07) is 22.6. The van der Waals surface area contributed by atoms with Gasteiger partial charge in [0.05, 0.1) is 18.6 Å². The average molecular weight is 506 g/mol. The molecule has 6 aromatic rings. The Hall–Kier alpha value is -4.75. The third kappa shape index (κ3) is 3.67. The van der Waals surface area contributed by atoms with E-state index < -0.39 is 37.3 Å². The molecule has 0 bridgehead atoms. The van der Waals surface area contributed by atoms with Gasteiger partial charge in [-0.2, -0.15) is 9.83 Å². The summed E-state index contributed by atoms with van der Waals surface area (Å²) in [6.45, 7) is -3.64. The van der Waals surface area contributed by atoms with Crippen LogP contribution in [0.3, 0.4) is 0 Å². The van der Waals surface area contributed by atoms with E-state index in [1.807, 2.05) is 36.4 Å². The first-order valence-corrected chi connectivity index (χ1v) is 11.9. The van der Waals surface area contributed by atoms with E-state index in [9.17, 15) is 5.26 Å². The van der Waals surface area contributed by atoms with Crippen molar-refractivity contribution in [1.29, 1.82) is 5.26 Å². The molecule has 4 aromatic carbocycles. The Morgan fingerprint density at radius 1 is 0.868 bits per heavy atom. The number of aromatic nitrogens is 1. The fourth-order valence-corrected chi connectivity index (χ4v) is 4.98. The number of rotatable bonds is 3. The SMILES string of the molecule is [2H]c1c(C([2H])([2H])[2H])c(F)c([2H])[n+](C)c1-c1c(C)ccc2c1oc1c(-c3ccc(C([2H])([2H])[2H])c(-c4ccccc4)c3)c(C#N)ccc12. The Labute approximate surface area is 232 Å². The summed E-state index contributed by atoms with van der Waals surface area (Å²) < 4.78 is 88.0. The van der Waals surface area contributed by atoms with Crippen molar-refractivity contribution in [2.45, 2.75) is 20.6 Å². The van der Waals surface area contributed by atoms with Crippen molar-refractivity contribution < 1.29 is 24.3 Å². The molecule has 2 heterocycles. The van der Waals surface area contributed by atoms with Crippen LogP contribution in [0.1, 0.15) is 33.2 Å². The molecule has 0 N–H and O–H groups in total. The van der Waals surface area contributed by atoms with Crippen LogP contribution in [0.5, 0.6) is 0 Å². The zero-order chi connectivity index (χ0) is 33.3. The molecule has 0 aliphatic rings. The molecule has 2 aromatic heterocycles. The maximum atomic E-state index is 15.1. The van der Waals surface area contributed by atoms with Crippen LogP contribution in [0, 0.1) is 37.8 Å². The summed E-state index contributed by atoms with van der Waals surface area (Å²) in [5, 5.41) is 11.4. The van der Waals surface area contributed by atoms with Gasteiger partial charge < -0.3 is 4.42 Å². The molecule has 0 saturated carbocycles. The zero-order valence-electron chi connectivity index (χ0n) is 28.6. The van der Waals surface area contributed by atoms with Crippen LogP contribution in [0.15, 0.2) is 89.4 Å². The van der Waals surface area contributed by atoms with Gasteiger partial charge in [0.25, 0.3) is 0 Å². The first kappa shape index (κ1) is 16.2. The summed E-state index contributed by atoms with van der Waals surface area (Å²) in [7, 11) is 1.39. The molecule has 0 atom stereocenters. The van der Waals surface area contributed by atoms with Crippen LogP contribution in [0.2, 0.25) is 0 Å². The van der Waals surface area contributed by atoms with Crippen LogP contribution >= 0.6 is 0 Å². The number of halogens is 1. The van der Waals surface area contributed by atoms with E-state index in [4.69, 9.17) is 15.4 Å². The Morgan fingerprint density at radius 3 is 2.32 bits per heavy atom. The smallest absolute Gasteiger partial charge is 0.216 e.